The Morgan fingerprint density at radius 3 is 2.74 bits per heavy atom. The summed E-state index contributed by atoms with van der Waals surface area (Å²) in [5.74, 6) is 2.18. The van der Waals surface area contributed by atoms with Gasteiger partial charge in [-0.3, -0.25) is 10.1 Å². The van der Waals surface area contributed by atoms with E-state index < -0.39 is 0 Å². The molecule has 0 saturated heterocycles. The average molecular weight is 384 g/mol. The summed E-state index contributed by atoms with van der Waals surface area (Å²) in [6.45, 7) is 1.78. The highest BCUT2D eigenvalue weighted by atomic mass is 32.1. The Kier molecular flexibility index (Phi) is 4.61. The van der Waals surface area contributed by atoms with Gasteiger partial charge in [0.05, 0.1) is 25.5 Å². The van der Waals surface area contributed by atoms with E-state index in [0.717, 1.165) is 30.5 Å². The maximum absolute atomic E-state index is 12.7. The third-order valence-corrected chi connectivity index (χ3v) is 5.72. The summed E-state index contributed by atoms with van der Waals surface area (Å²) in [6.07, 6.45) is 3.20. The Balaban J connectivity index is 1.58. The molecule has 140 valence electrons. The number of amides is 1. The summed E-state index contributed by atoms with van der Waals surface area (Å²) in [5.41, 5.74) is 2.42. The number of hydrogen-bond donors (Lipinski definition) is 1. The van der Waals surface area contributed by atoms with Gasteiger partial charge in [-0.15, -0.1) is 11.3 Å². The molecule has 7 heteroatoms. The van der Waals surface area contributed by atoms with Gasteiger partial charge < -0.3 is 13.9 Å². The number of fused-ring (bicyclic) bond motifs is 1. The Morgan fingerprint density at radius 1 is 1.19 bits per heavy atom. The number of nitrogens with zero attached hydrogens (tertiary/aromatic N) is 1. The van der Waals surface area contributed by atoms with Crippen LogP contribution in [0.15, 0.2) is 28.7 Å². The number of thiazole rings is 1. The number of benzene rings is 1. The lowest BCUT2D eigenvalue weighted by Crippen LogP contribution is -2.12. The largest absolute Gasteiger partial charge is 0.493 e. The van der Waals surface area contributed by atoms with E-state index >= 15 is 0 Å². The number of methoxy groups -OCH3 is 2. The molecule has 1 aliphatic rings. The molecule has 27 heavy (non-hydrogen) atoms. The fourth-order valence-corrected chi connectivity index (χ4v) is 4.29. The van der Waals surface area contributed by atoms with E-state index in [1.54, 1.807) is 38.5 Å². The highest BCUT2D eigenvalue weighted by Gasteiger charge is 2.21. The molecule has 1 amide bonds. The first kappa shape index (κ1) is 17.6. The Morgan fingerprint density at radius 2 is 2.00 bits per heavy atom. The zero-order valence-corrected chi connectivity index (χ0v) is 16.2. The van der Waals surface area contributed by atoms with Gasteiger partial charge in [-0.2, -0.15) is 0 Å². The summed E-state index contributed by atoms with van der Waals surface area (Å²) in [5, 5.41) is 3.55. The van der Waals surface area contributed by atoms with Crippen molar-refractivity contribution in [1.82, 2.24) is 4.98 Å². The molecular formula is C20H20N2O4S. The number of hydrogen-bond acceptors (Lipinski definition) is 6. The van der Waals surface area contributed by atoms with Crippen LogP contribution in [0.2, 0.25) is 0 Å². The second-order valence-electron chi connectivity index (χ2n) is 6.35. The number of furan rings is 1. The highest BCUT2D eigenvalue weighted by Crippen LogP contribution is 2.35. The van der Waals surface area contributed by atoms with Crippen molar-refractivity contribution in [2.75, 3.05) is 19.5 Å². The van der Waals surface area contributed by atoms with Crippen molar-refractivity contribution in [3.63, 3.8) is 0 Å². The van der Waals surface area contributed by atoms with Gasteiger partial charge in [0, 0.05) is 10.4 Å². The van der Waals surface area contributed by atoms with Gasteiger partial charge in [0.25, 0.3) is 5.91 Å². The molecule has 0 radical (unpaired) electrons. The van der Waals surface area contributed by atoms with Crippen molar-refractivity contribution in [2.45, 2.75) is 26.2 Å². The minimum Gasteiger partial charge on any atom is -0.493 e. The topological polar surface area (TPSA) is 73.6 Å². The molecule has 0 spiro atoms. The Labute approximate surface area is 161 Å². The van der Waals surface area contributed by atoms with Crippen molar-refractivity contribution in [3.05, 3.63) is 46.2 Å². The van der Waals surface area contributed by atoms with E-state index in [4.69, 9.17) is 13.9 Å². The van der Waals surface area contributed by atoms with Crippen molar-refractivity contribution in [3.8, 4) is 22.8 Å². The van der Waals surface area contributed by atoms with E-state index in [0.29, 0.717) is 33.7 Å². The molecule has 3 aromatic rings. The molecule has 0 bridgehead atoms. The van der Waals surface area contributed by atoms with Crippen LogP contribution < -0.4 is 14.8 Å². The van der Waals surface area contributed by atoms with Crippen LogP contribution in [0.5, 0.6) is 11.5 Å². The Bertz CT molecular complexity index is 984. The van der Waals surface area contributed by atoms with Crippen molar-refractivity contribution >= 4 is 22.4 Å². The molecule has 6 nitrogen and oxygen atoms in total. The molecule has 4 rings (SSSR count). The number of ether oxygens (including phenoxy) is 2. The SMILES string of the molecule is COc1ccc(-c2cc(C(=O)Nc3nc4c(s3)CCC4)c(C)o2)cc1OC. The van der Waals surface area contributed by atoms with Gasteiger partial charge in [0.1, 0.15) is 11.5 Å². The summed E-state index contributed by atoms with van der Waals surface area (Å²) in [4.78, 5) is 18.5. The first-order chi connectivity index (χ1) is 13.1. The third-order valence-electron chi connectivity index (χ3n) is 4.65. The number of rotatable bonds is 5. The first-order valence-electron chi connectivity index (χ1n) is 8.72. The van der Waals surface area contributed by atoms with Crippen LogP contribution in [0, 0.1) is 6.92 Å². The highest BCUT2D eigenvalue weighted by molar-refractivity contribution is 7.16. The number of aryl methyl sites for hydroxylation is 3. The first-order valence-corrected chi connectivity index (χ1v) is 9.53. The van der Waals surface area contributed by atoms with Crippen LogP contribution >= 0.6 is 11.3 Å². The molecule has 1 aromatic carbocycles. The fourth-order valence-electron chi connectivity index (χ4n) is 3.25. The summed E-state index contributed by atoms with van der Waals surface area (Å²) in [6, 6.07) is 7.24. The van der Waals surface area contributed by atoms with Gasteiger partial charge in [-0.1, -0.05) is 0 Å². The van der Waals surface area contributed by atoms with Gasteiger partial charge >= 0.3 is 0 Å². The van der Waals surface area contributed by atoms with Gasteiger partial charge in [-0.25, -0.2) is 4.98 Å². The van der Waals surface area contributed by atoms with Gasteiger partial charge in [0.15, 0.2) is 16.6 Å². The lowest BCUT2D eigenvalue weighted by molar-refractivity contribution is 0.102. The summed E-state index contributed by atoms with van der Waals surface area (Å²) in [7, 11) is 3.17. The molecule has 1 N–H and O–H groups in total. The Hall–Kier alpha value is -2.80. The number of anilines is 1. The molecule has 0 atom stereocenters. The molecule has 0 unspecified atom stereocenters. The fraction of sp³-hybridized carbons (Fsp3) is 0.300. The van der Waals surface area contributed by atoms with Crippen LogP contribution in [0.4, 0.5) is 5.13 Å². The maximum atomic E-state index is 12.7. The summed E-state index contributed by atoms with van der Waals surface area (Å²) < 4.78 is 16.4. The smallest absolute Gasteiger partial charge is 0.261 e. The van der Waals surface area contributed by atoms with E-state index in [1.165, 1.54) is 4.88 Å². The lowest BCUT2D eigenvalue weighted by Gasteiger charge is -2.08. The van der Waals surface area contributed by atoms with E-state index in [9.17, 15) is 4.79 Å². The van der Waals surface area contributed by atoms with Crippen LogP contribution in [0.25, 0.3) is 11.3 Å². The molecule has 0 aliphatic heterocycles. The monoisotopic (exact) mass is 384 g/mol. The predicted molar refractivity (Wildman–Crippen MR) is 104 cm³/mol. The maximum Gasteiger partial charge on any atom is 0.261 e. The van der Waals surface area contributed by atoms with Gasteiger partial charge in [-0.05, 0) is 50.5 Å². The number of nitrogens with one attached hydrogen (secondary N) is 1. The number of aromatic nitrogens is 1. The van der Waals surface area contributed by atoms with Crippen LogP contribution in [-0.2, 0) is 12.8 Å². The second-order valence-corrected chi connectivity index (χ2v) is 7.43. The van der Waals surface area contributed by atoms with Crippen LogP contribution in [0.3, 0.4) is 0 Å². The molecule has 0 saturated carbocycles. The predicted octanol–water partition coefficient (Wildman–Crippen LogP) is 4.47. The van der Waals surface area contributed by atoms with Crippen molar-refractivity contribution in [1.29, 1.82) is 0 Å². The number of carbonyl (C=O) groups is 1. The molecule has 0 fully saturated rings. The van der Waals surface area contributed by atoms with Crippen LogP contribution in [0.1, 0.15) is 33.1 Å². The normalized spacial score (nSPS) is 12.7. The molecule has 1 aliphatic carbocycles. The van der Waals surface area contributed by atoms with Crippen molar-refractivity contribution < 1.29 is 18.7 Å². The van der Waals surface area contributed by atoms with Crippen LogP contribution in [-0.4, -0.2) is 25.1 Å². The van der Waals surface area contributed by atoms with Gasteiger partial charge in [0.2, 0.25) is 0 Å². The lowest BCUT2D eigenvalue weighted by atomic mass is 10.1. The third kappa shape index (κ3) is 3.30. The average Bonchev–Trinajstić information content (AvgIpc) is 3.35. The minimum atomic E-state index is -0.213. The summed E-state index contributed by atoms with van der Waals surface area (Å²) >= 11 is 1.56. The quantitative estimate of drug-likeness (QED) is 0.703. The van der Waals surface area contributed by atoms with E-state index in [1.807, 2.05) is 18.2 Å². The molecular weight excluding hydrogens is 364 g/mol. The molecule has 2 heterocycles. The zero-order valence-electron chi connectivity index (χ0n) is 15.4. The van der Waals surface area contributed by atoms with Crippen molar-refractivity contribution in [2.24, 2.45) is 0 Å². The second kappa shape index (κ2) is 7.08. The molecule has 2 aromatic heterocycles. The standard InChI is InChI=1S/C20H20N2O4S/c1-11-13(19(23)22-20-21-14-5-4-6-18(14)27-20)10-16(26-11)12-7-8-15(24-2)17(9-12)25-3/h7-10H,4-6H2,1-3H3,(H,21,22,23). The zero-order chi connectivity index (χ0) is 19.0. The van der Waals surface area contributed by atoms with E-state index in [2.05, 4.69) is 10.3 Å². The number of carbonyl (C=O) groups excluding carboxylic acids is 1. The minimum absolute atomic E-state index is 0.213. The van der Waals surface area contributed by atoms with E-state index in [-0.39, 0.29) is 5.91 Å².